The van der Waals surface area contributed by atoms with E-state index in [9.17, 15) is 9.90 Å². The van der Waals surface area contributed by atoms with Gasteiger partial charge in [0.25, 0.3) is 5.91 Å². The van der Waals surface area contributed by atoms with Gasteiger partial charge in [-0.25, -0.2) is 0 Å². The van der Waals surface area contributed by atoms with Crippen molar-refractivity contribution in [1.29, 1.82) is 0 Å². The van der Waals surface area contributed by atoms with Crippen molar-refractivity contribution in [2.75, 3.05) is 0 Å². The normalized spacial score (nSPS) is 16.6. The molecule has 1 amide bonds. The molecule has 1 heterocycles. The summed E-state index contributed by atoms with van der Waals surface area (Å²) in [4.78, 5) is 14.8. The molecule has 1 unspecified atom stereocenters. The number of rotatable bonds is 4. The Kier molecular flexibility index (Phi) is 5.48. The molecule has 0 saturated heterocycles. The maximum Gasteiger partial charge on any atom is 0.290 e. The van der Waals surface area contributed by atoms with Crippen LogP contribution in [0.25, 0.3) is 5.57 Å². The van der Waals surface area contributed by atoms with Crippen molar-refractivity contribution in [1.82, 2.24) is 4.90 Å². The SMILES string of the molecule is Cc1ccc(C2=C(O)C(=O)N(Cc3ccc(Cl)cc3)C2c2cccc(Br)c2)cc1. The highest BCUT2D eigenvalue weighted by Crippen LogP contribution is 2.44. The van der Waals surface area contributed by atoms with E-state index >= 15 is 0 Å². The minimum Gasteiger partial charge on any atom is -0.503 e. The Morgan fingerprint density at radius 1 is 1.03 bits per heavy atom. The molecular formula is C24H19BrClNO2. The van der Waals surface area contributed by atoms with Gasteiger partial charge in [0.05, 0.1) is 6.04 Å². The van der Waals surface area contributed by atoms with Gasteiger partial charge in [-0.2, -0.15) is 0 Å². The number of hydrogen-bond donors (Lipinski definition) is 1. The number of carbonyl (C=O) groups is 1. The number of aliphatic hydroxyl groups excluding tert-OH is 1. The van der Waals surface area contributed by atoms with Gasteiger partial charge in [0, 0.05) is 21.6 Å². The summed E-state index contributed by atoms with van der Waals surface area (Å²) in [7, 11) is 0. The van der Waals surface area contributed by atoms with Gasteiger partial charge in [-0.05, 0) is 47.9 Å². The van der Waals surface area contributed by atoms with Crippen molar-refractivity contribution in [3.05, 3.63) is 110 Å². The molecule has 1 atom stereocenters. The standard InChI is InChI=1S/C24H19BrClNO2/c1-15-5-9-17(10-6-15)21-22(18-3-2-4-19(25)13-18)27(24(29)23(21)28)14-16-7-11-20(26)12-8-16/h2-13,22,28H,14H2,1H3. The van der Waals surface area contributed by atoms with Crippen LogP contribution >= 0.6 is 27.5 Å². The van der Waals surface area contributed by atoms with Crippen LogP contribution in [0, 0.1) is 6.92 Å². The van der Waals surface area contributed by atoms with Crippen LogP contribution < -0.4 is 0 Å². The molecule has 0 aliphatic carbocycles. The molecule has 0 fully saturated rings. The maximum absolute atomic E-state index is 13.1. The number of hydrogen-bond acceptors (Lipinski definition) is 2. The lowest BCUT2D eigenvalue weighted by Gasteiger charge is -2.27. The molecule has 0 aromatic heterocycles. The first-order valence-corrected chi connectivity index (χ1v) is 10.4. The van der Waals surface area contributed by atoms with Gasteiger partial charge < -0.3 is 10.0 Å². The molecule has 29 heavy (non-hydrogen) atoms. The summed E-state index contributed by atoms with van der Waals surface area (Å²) in [5, 5.41) is 11.5. The Labute approximate surface area is 183 Å². The van der Waals surface area contributed by atoms with Gasteiger partial charge in [-0.15, -0.1) is 0 Å². The van der Waals surface area contributed by atoms with Crippen LogP contribution in [0.15, 0.2) is 83.0 Å². The average molecular weight is 469 g/mol. The van der Waals surface area contributed by atoms with Gasteiger partial charge in [0.15, 0.2) is 5.76 Å². The molecule has 0 bridgehead atoms. The Balaban J connectivity index is 1.81. The zero-order valence-electron chi connectivity index (χ0n) is 15.8. The highest BCUT2D eigenvalue weighted by Gasteiger charge is 2.41. The van der Waals surface area contributed by atoms with Gasteiger partial charge in [-0.3, -0.25) is 4.79 Å². The van der Waals surface area contributed by atoms with Gasteiger partial charge in [0.1, 0.15) is 0 Å². The number of carbonyl (C=O) groups excluding carboxylic acids is 1. The maximum atomic E-state index is 13.1. The van der Waals surface area contributed by atoms with E-state index in [1.807, 2.05) is 67.6 Å². The van der Waals surface area contributed by atoms with Crippen molar-refractivity contribution in [3.63, 3.8) is 0 Å². The number of halogens is 2. The monoisotopic (exact) mass is 467 g/mol. The van der Waals surface area contributed by atoms with Crippen molar-refractivity contribution < 1.29 is 9.90 Å². The summed E-state index contributed by atoms with van der Waals surface area (Å²) in [5.41, 5.74) is 4.46. The van der Waals surface area contributed by atoms with E-state index in [-0.39, 0.29) is 11.7 Å². The quantitative estimate of drug-likeness (QED) is 0.477. The molecule has 3 aromatic carbocycles. The molecule has 4 rings (SSSR count). The van der Waals surface area contributed by atoms with E-state index in [0.717, 1.165) is 26.7 Å². The zero-order valence-corrected chi connectivity index (χ0v) is 18.1. The largest absolute Gasteiger partial charge is 0.503 e. The second-order valence-corrected chi connectivity index (χ2v) is 8.50. The van der Waals surface area contributed by atoms with Crippen molar-refractivity contribution in [2.24, 2.45) is 0 Å². The van der Waals surface area contributed by atoms with Crippen LogP contribution in [0.3, 0.4) is 0 Å². The molecule has 0 radical (unpaired) electrons. The molecule has 3 aromatic rings. The van der Waals surface area contributed by atoms with E-state index in [2.05, 4.69) is 15.9 Å². The number of aliphatic hydroxyl groups is 1. The first-order valence-electron chi connectivity index (χ1n) is 9.25. The number of amides is 1. The predicted octanol–water partition coefficient (Wildman–Crippen LogP) is 6.46. The minimum absolute atomic E-state index is 0.201. The smallest absolute Gasteiger partial charge is 0.290 e. The van der Waals surface area contributed by atoms with E-state index in [4.69, 9.17) is 11.6 Å². The highest BCUT2D eigenvalue weighted by atomic mass is 79.9. The van der Waals surface area contributed by atoms with Crippen molar-refractivity contribution in [2.45, 2.75) is 19.5 Å². The average Bonchev–Trinajstić information content (AvgIpc) is 2.95. The van der Waals surface area contributed by atoms with Gasteiger partial charge >= 0.3 is 0 Å². The Morgan fingerprint density at radius 2 is 1.72 bits per heavy atom. The molecular weight excluding hydrogens is 450 g/mol. The third-order valence-electron chi connectivity index (χ3n) is 5.10. The summed E-state index contributed by atoms with van der Waals surface area (Å²) in [6.07, 6.45) is 0. The fourth-order valence-electron chi connectivity index (χ4n) is 3.65. The molecule has 0 spiro atoms. The van der Waals surface area contributed by atoms with E-state index in [1.54, 1.807) is 17.0 Å². The fraction of sp³-hybridized carbons (Fsp3) is 0.125. The van der Waals surface area contributed by atoms with Crippen LogP contribution in [-0.2, 0) is 11.3 Å². The third-order valence-corrected chi connectivity index (χ3v) is 5.84. The summed E-state index contributed by atoms with van der Waals surface area (Å²) < 4.78 is 0.920. The van der Waals surface area contributed by atoms with Crippen molar-refractivity contribution >= 4 is 39.0 Å². The molecule has 0 saturated carbocycles. The lowest BCUT2D eigenvalue weighted by Crippen LogP contribution is -2.29. The Bertz CT molecular complexity index is 1090. The van der Waals surface area contributed by atoms with Crippen LogP contribution in [0.5, 0.6) is 0 Å². The Morgan fingerprint density at radius 3 is 2.38 bits per heavy atom. The number of aryl methyl sites for hydroxylation is 1. The van der Waals surface area contributed by atoms with E-state index < -0.39 is 6.04 Å². The van der Waals surface area contributed by atoms with Crippen LogP contribution in [0.2, 0.25) is 5.02 Å². The summed E-state index contributed by atoms with van der Waals surface area (Å²) in [6, 6.07) is 22.7. The van der Waals surface area contributed by atoms with Crippen LogP contribution in [-0.4, -0.2) is 15.9 Å². The Hall–Kier alpha value is -2.56. The summed E-state index contributed by atoms with van der Waals surface area (Å²) in [5.74, 6) is -0.576. The third kappa shape index (κ3) is 3.96. The minimum atomic E-state index is -0.390. The highest BCUT2D eigenvalue weighted by molar-refractivity contribution is 9.10. The van der Waals surface area contributed by atoms with Gasteiger partial charge in [-0.1, -0.05) is 81.6 Å². The van der Waals surface area contributed by atoms with Crippen molar-refractivity contribution in [3.8, 4) is 0 Å². The van der Waals surface area contributed by atoms with Gasteiger partial charge in [0.2, 0.25) is 0 Å². The first-order chi connectivity index (χ1) is 13.9. The number of benzene rings is 3. The topological polar surface area (TPSA) is 40.5 Å². The van der Waals surface area contributed by atoms with E-state index in [1.165, 1.54) is 0 Å². The molecule has 3 nitrogen and oxygen atoms in total. The summed E-state index contributed by atoms with van der Waals surface area (Å²) >= 11 is 9.53. The lowest BCUT2D eigenvalue weighted by atomic mass is 9.93. The van der Waals surface area contributed by atoms with E-state index in [0.29, 0.717) is 17.1 Å². The number of nitrogens with zero attached hydrogens (tertiary/aromatic N) is 1. The molecule has 146 valence electrons. The molecule has 1 aliphatic heterocycles. The lowest BCUT2D eigenvalue weighted by molar-refractivity contribution is -0.130. The second-order valence-electron chi connectivity index (χ2n) is 7.15. The van der Waals surface area contributed by atoms with Crippen LogP contribution in [0.1, 0.15) is 28.3 Å². The molecule has 1 N–H and O–H groups in total. The molecule has 1 aliphatic rings. The van der Waals surface area contributed by atoms with Crippen LogP contribution in [0.4, 0.5) is 0 Å². The second kappa shape index (κ2) is 8.05. The molecule has 5 heteroatoms. The predicted molar refractivity (Wildman–Crippen MR) is 120 cm³/mol. The fourth-order valence-corrected chi connectivity index (χ4v) is 4.20. The summed E-state index contributed by atoms with van der Waals surface area (Å²) in [6.45, 7) is 2.38. The zero-order chi connectivity index (χ0) is 20.5. The first kappa shape index (κ1) is 19.7.